The number of fused-ring (bicyclic) bond motifs is 1. The lowest BCUT2D eigenvalue weighted by atomic mass is 9.93. The van der Waals surface area contributed by atoms with Gasteiger partial charge in [0.2, 0.25) is 11.8 Å². The molecule has 2 aliphatic rings. The number of benzene rings is 1. The summed E-state index contributed by atoms with van der Waals surface area (Å²) in [7, 11) is 1.66. The zero-order valence-corrected chi connectivity index (χ0v) is 19.5. The van der Waals surface area contributed by atoms with Crippen LogP contribution in [0, 0.1) is 11.8 Å². The first-order valence-corrected chi connectivity index (χ1v) is 12.2. The largest absolute Gasteiger partial charge is 0.481 e. The second kappa shape index (κ2) is 10.9. The molecule has 0 saturated carbocycles. The van der Waals surface area contributed by atoms with Crippen LogP contribution in [0.15, 0.2) is 30.3 Å². The van der Waals surface area contributed by atoms with Crippen LogP contribution >= 0.6 is 0 Å². The van der Waals surface area contributed by atoms with Gasteiger partial charge in [0, 0.05) is 23.6 Å². The van der Waals surface area contributed by atoms with Crippen molar-refractivity contribution in [2.24, 2.45) is 11.8 Å². The first kappa shape index (κ1) is 22.7. The van der Waals surface area contributed by atoms with Crippen molar-refractivity contribution in [2.75, 3.05) is 33.3 Å². The Labute approximate surface area is 191 Å². The minimum atomic E-state index is 0.0241. The van der Waals surface area contributed by atoms with E-state index in [1.807, 2.05) is 30.3 Å². The third kappa shape index (κ3) is 5.47. The molecule has 1 aromatic carbocycles. The van der Waals surface area contributed by atoms with Gasteiger partial charge in [0.05, 0.1) is 12.8 Å². The van der Waals surface area contributed by atoms with Crippen molar-refractivity contribution in [3.8, 4) is 17.3 Å². The maximum Gasteiger partial charge on any atom is 0.223 e. The molecule has 1 atom stereocenters. The number of rotatable bonds is 7. The Morgan fingerprint density at radius 1 is 1.09 bits per heavy atom. The maximum atomic E-state index is 12.9. The highest BCUT2D eigenvalue weighted by Gasteiger charge is 2.26. The lowest BCUT2D eigenvalue weighted by Gasteiger charge is -2.31. The molecule has 1 saturated heterocycles. The average molecular weight is 437 g/mol. The number of methoxy groups -OCH3 is 1. The lowest BCUT2D eigenvalue weighted by molar-refractivity contribution is -0.125. The van der Waals surface area contributed by atoms with Crippen molar-refractivity contribution in [3.05, 3.63) is 41.6 Å². The third-order valence-corrected chi connectivity index (χ3v) is 7.13. The molecule has 0 bridgehead atoms. The van der Waals surface area contributed by atoms with Gasteiger partial charge in [0.15, 0.2) is 5.82 Å². The van der Waals surface area contributed by atoms with E-state index >= 15 is 0 Å². The number of hydrogen-bond acceptors (Lipinski definition) is 5. The summed E-state index contributed by atoms with van der Waals surface area (Å²) in [6, 6.07) is 10.00. The van der Waals surface area contributed by atoms with Gasteiger partial charge in [0.25, 0.3) is 0 Å². The molecule has 1 fully saturated rings. The summed E-state index contributed by atoms with van der Waals surface area (Å²) in [5, 5.41) is 3.23. The van der Waals surface area contributed by atoms with E-state index < -0.39 is 0 Å². The number of likely N-dealkylation sites (tertiary alicyclic amines) is 1. The number of hydrogen-bond donors (Lipinski definition) is 1. The second-order valence-electron chi connectivity index (χ2n) is 9.08. The van der Waals surface area contributed by atoms with Gasteiger partial charge in [-0.2, -0.15) is 4.98 Å². The molecule has 6 heteroatoms. The monoisotopic (exact) mass is 436 g/mol. The zero-order chi connectivity index (χ0) is 22.3. The van der Waals surface area contributed by atoms with Gasteiger partial charge in [0.1, 0.15) is 0 Å². The fourth-order valence-corrected chi connectivity index (χ4v) is 5.02. The summed E-state index contributed by atoms with van der Waals surface area (Å²) in [6.45, 7) is 6.57. The summed E-state index contributed by atoms with van der Waals surface area (Å²) in [5.74, 6) is 2.30. The number of aryl methyl sites for hydroxylation is 1. The van der Waals surface area contributed by atoms with Gasteiger partial charge < -0.3 is 15.0 Å². The van der Waals surface area contributed by atoms with Gasteiger partial charge >= 0.3 is 0 Å². The molecule has 32 heavy (non-hydrogen) atoms. The van der Waals surface area contributed by atoms with Crippen LogP contribution in [-0.2, 0) is 17.6 Å². The Hall–Kier alpha value is -2.47. The molecule has 172 valence electrons. The molecule has 2 heterocycles. The molecular formula is C26H36N4O2. The van der Waals surface area contributed by atoms with Crippen LogP contribution in [-0.4, -0.2) is 54.1 Å². The Morgan fingerprint density at radius 2 is 1.84 bits per heavy atom. The van der Waals surface area contributed by atoms with Gasteiger partial charge in [-0.05, 0) is 70.5 Å². The molecule has 4 rings (SSSR count). The van der Waals surface area contributed by atoms with Crippen molar-refractivity contribution < 1.29 is 9.53 Å². The van der Waals surface area contributed by atoms with Crippen LogP contribution in [0.1, 0.15) is 50.3 Å². The predicted molar refractivity (Wildman–Crippen MR) is 127 cm³/mol. The number of nitrogens with one attached hydrogen (secondary N) is 1. The first-order valence-electron chi connectivity index (χ1n) is 12.2. The molecule has 0 radical (unpaired) electrons. The number of carbonyl (C=O) groups is 1. The van der Waals surface area contributed by atoms with E-state index in [1.165, 1.54) is 25.9 Å². The van der Waals surface area contributed by atoms with E-state index in [9.17, 15) is 4.79 Å². The summed E-state index contributed by atoms with van der Waals surface area (Å²) in [4.78, 5) is 24.9. The number of carbonyl (C=O) groups excluding carboxylic acids is 1. The van der Waals surface area contributed by atoms with Gasteiger partial charge in [-0.25, -0.2) is 4.98 Å². The maximum absolute atomic E-state index is 12.9. The third-order valence-electron chi connectivity index (χ3n) is 7.13. The second-order valence-corrected chi connectivity index (χ2v) is 9.08. The fourth-order valence-electron chi connectivity index (χ4n) is 5.02. The first-order chi connectivity index (χ1) is 15.7. The summed E-state index contributed by atoms with van der Waals surface area (Å²) >= 11 is 0. The van der Waals surface area contributed by atoms with Gasteiger partial charge in [-0.3, -0.25) is 4.79 Å². The van der Waals surface area contributed by atoms with Gasteiger partial charge in [-0.1, -0.05) is 37.3 Å². The number of ether oxygens (including phenoxy) is 1. The average Bonchev–Trinajstić information content (AvgIpc) is 3.07. The fraction of sp³-hybridized carbons (Fsp3) is 0.577. The SMILES string of the molecule is CCN1CCC(CCNC(=O)C2CCc3nc(-c4ccccc4)nc(OC)c3CC2)CC1. The number of amides is 1. The van der Waals surface area contributed by atoms with E-state index in [2.05, 4.69) is 22.1 Å². The minimum absolute atomic E-state index is 0.0241. The lowest BCUT2D eigenvalue weighted by Crippen LogP contribution is -2.36. The molecule has 1 amide bonds. The molecule has 6 nitrogen and oxygen atoms in total. The molecule has 1 unspecified atom stereocenters. The summed E-state index contributed by atoms with van der Waals surface area (Å²) in [5.41, 5.74) is 3.07. The van der Waals surface area contributed by atoms with Crippen LogP contribution in [0.25, 0.3) is 11.4 Å². The molecule has 1 aliphatic carbocycles. The molecule has 1 aliphatic heterocycles. The quantitative estimate of drug-likeness (QED) is 0.667. The van der Waals surface area contributed by atoms with Crippen molar-refractivity contribution in [2.45, 2.75) is 51.9 Å². The van der Waals surface area contributed by atoms with Crippen LogP contribution in [0.2, 0.25) is 0 Å². The van der Waals surface area contributed by atoms with E-state index in [0.717, 1.165) is 67.9 Å². The molecule has 1 aromatic heterocycles. The Kier molecular flexibility index (Phi) is 7.74. The van der Waals surface area contributed by atoms with Crippen molar-refractivity contribution in [3.63, 3.8) is 0 Å². The van der Waals surface area contributed by atoms with Crippen molar-refractivity contribution >= 4 is 5.91 Å². The van der Waals surface area contributed by atoms with E-state index in [-0.39, 0.29) is 11.8 Å². The summed E-state index contributed by atoms with van der Waals surface area (Å²) in [6.07, 6.45) is 6.80. The van der Waals surface area contributed by atoms with Crippen molar-refractivity contribution in [1.82, 2.24) is 20.2 Å². The highest BCUT2D eigenvalue weighted by molar-refractivity contribution is 5.78. The highest BCUT2D eigenvalue weighted by Crippen LogP contribution is 2.31. The standard InChI is InChI=1S/C26H36N4O2/c1-3-30-17-14-19(15-18-30)13-16-27-25(31)21-9-11-22-23(12-10-21)28-24(29-26(22)32-2)20-7-5-4-6-8-20/h4-8,19,21H,3,9-18H2,1-2H3,(H,27,31). The van der Waals surface area contributed by atoms with E-state index in [4.69, 9.17) is 9.72 Å². The Balaban J connectivity index is 1.33. The number of piperidine rings is 1. The van der Waals surface area contributed by atoms with E-state index in [0.29, 0.717) is 11.7 Å². The molecule has 2 aromatic rings. The summed E-state index contributed by atoms with van der Waals surface area (Å²) < 4.78 is 5.62. The zero-order valence-electron chi connectivity index (χ0n) is 19.5. The topological polar surface area (TPSA) is 67.4 Å². The Bertz CT molecular complexity index is 894. The molecular weight excluding hydrogens is 400 g/mol. The number of nitrogens with zero attached hydrogens (tertiary/aromatic N) is 3. The number of aromatic nitrogens is 2. The van der Waals surface area contributed by atoms with Crippen molar-refractivity contribution in [1.29, 1.82) is 0 Å². The molecule has 0 spiro atoms. The van der Waals surface area contributed by atoms with Crippen LogP contribution in [0.3, 0.4) is 0 Å². The highest BCUT2D eigenvalue weighted by atomic mass is 16.5. The smallest absolute Gasteiger partial charge is 0.223 e. The van der Waals surface area contributed by atoms with E-state index in [1.54, 1.807) is 7.11 Å². The van der Waals surface area contributed by atoms with Crippen LogP contribution < -0.4 is 10.1 Å². The predicted octanol–water partition coefficient (Wildman–Crippen LogP) is 3.89. The Morgan fingerprint density at radius 3 is 2.56 bits per heavy atom. The van der Waals surface area contributed by atoms with Crippen LogP contribution in [0.4, 0.5) is 0 Å². The van der Waals surface area contributed by atoms with Gasteiger partial charge in [-0.15, -0.1) is 0 Å². The minimum Gasteiger partial charge on any atom is -0.481 e. The normalized spacial score (nSPS) is 19.8. The van der Waals surface area contributed by atoms with Crippen LogP contribution in [0.5, 0.6) is 5.88 Å². The molecule has 1 N–H and O–H groups in total.